The highest BCUT2D eigenvalue weighted by Gasteiger charge is 2.20. The summed E-state index contributed by atoms with van der Waals surface area (Å²) >= 11 is 0. The van der Waals surface area contributed by atoms with Gasteiger partial charge >= 0.3 is 13.2 Å². The van der Waals surface area contributed by atoms with Crippen molar-refractivity contribution in [3.63, 3.8) is 0 Å². The Morgan fingerprint density at radius 2 is 1.73 bits per heavy atom. The van der Waals surface area contributed by atoms with Crippen molar-refractivity contribution < 1.29 is 31.4 Å². The molecule has 0 spiro atoms. The first-order chi connectivity index (χ1) is 12.1. The molecule has 4 nitrogen and oxygen atoms in total. The molecule has 0 aliphatic rings. The molecular weight excluding hydrogens is 351 g/mol. The summed E-state index contributed by atoms with van der Waals surface area (Å²) in [6.45, 7) is 9.59. The van der Waals surface area contributed by atoms with E-state index in [9.17, 15) is 22.1 Å². The number of imidazole rings is 1. The summed E-state index contributed by atoms with van der Waals surface area (Å²) in [5.74, 6) is -0.317. The van der Waals surface area contributed by atoms with Gasteiger partial charge in [-0.05, 0) is 19.8 Å². The number of aromatic nitrogens is 2. The number of nitrogens with zero attached hydrogens (tertiary/aromatic N) is 2. The smallest absolute Gasteiger partial charge is 0.458 e. The Kier molecular flexibility index (Phi) is 12.5. The average Bonchev–Trinajstić information content (AvgIpc) is 2.96. The molecule has 1 rings (SSSR count). The molecule has 26 heavy (non-hydrogen) atoms. The van der Waals surface area contributed by atoms with E-state index in [1.807, 2.05) is 10.8 Å². The molecule has 0 radical (unpaired) electrons. The van der Waals surface area contributed by atoms with Gasteiger partial charge in [-0.1, -0.05) is 39.2 Å². The van der Waals surface area contributed by atoms with Crippen LogP contribution in [0, 0.1) is 0 Å². The van der Waals surface area contributed by atoms with Crippen LogP contribution in [0.3, 0.4) is 0 Å². The predicted molar refractivity (Wildman–Crippen MR) is 94.0 cm³/mol. The lowest BCUT2D eigenvalue weighted by Crippen LogP contribution is -2.31. The van der Waals surface area contributed by atoms with Crippen molar-refractivity contribution in [3.8, 4) is 0 Å². The Hall–Kier alpha value is -1.80. The molecule has 9 heteroatoms. The van der Waals surface area contributed by atoms with Gasteiger partial charge in [0.1, 0.15) is 25.5 Å². The maximum atomic E-state index is 11.3. The number of rotatable bonds is 11. The molecular formula is C17H29BF4N2O2. The van der Waals surface area contributed by atoms with Crippen LogP contribution < -0.4 is 4.57 Å². The molecule has 0 N–H and O–H groups in total. The zero-order chi connectivity index (χ0) is 20.0. The van der Waals surface area contributed by atoms with E-state index >= 15 is 0 Å². The van der Waals surface area contributed by atoms with Crippen LogP contribution in [0.5, 0.6) is 0 Å². The minimum Gasteiger partial charge on any atom is -0.458 e. The summed E-state index contributed by atoms with van der Waals surface area (Å²) in [5.41, 5.74) is 0.445. The van der Waals surface area contributed by atoms with Gasteiger partial charge < -0.3 is 22.0 Å². The third-order valence-electron chi connectivity index (χ3n) is 3.45. The first kappa shape index (κ1) is 24.2. The second-order valence-electron chi connectivity index (χ2n) is 6.07. The Morgan fingerprint density at radius 1 is 1.15 bits per heavy atom. The molecule has 0 atom stereocenters. The van der Waals surface area contributed by atoms with Crippen LogP contribution in [-0.4, -0.2) is 24.4 Å². The number of ether oxygens (including phenoxy) is 1. The standard InChI is InChI=1S/C17H29N2O2.BF4/c1-4-5-6-7-8-9-10-18-11-12-19(15-18)13-14-21-17(20)16(2)3;2-1(3,4)5/h11-12,15H,2,4-10,13-14H2,1,3H3;/q+1;-1. The van der Waals surface area contributed by atoms with E-state index in [4.69, 9.17) is 4.74 Å². The summed E-state index contributed by atoms with van der Waals surface area (Å²) in [5, 5.41) is 0. The van der Waals surface area contributed by atoms with Crippen molar-refractivity contribution in [2.45, 2.75) is 65.5 Å². The zero-order valence-corrected chi connectivity index (χ0v) is 15.6. The maximum absolute atomic E-state index is 11.3. The van der Waals surface area contributed by atoms with Crippen LogP contribution in [-0.2, 0) is 22.6 Å². The molecule has 1 heterocycles. The number of unbranched alkanes of at least 4 members (excludes halogenated alkanes) is 5. The van der Waals surface area contributed by atoms with Crippen LogP contribution in [0.4, 0.5) is 17.3 Å². The van der Waals surface area contributed by atoms with Gasteiger partial charge in [0.05, 0.1) is 6.54 Å². The number of carbonyl (C=O) groups is 1. The number of hydrogen-bond acceptors (Lipinski definition) is 2. The van der Waals surface area contributed by atoms with Gasteiger partial charge in [-0.25, -0.2) is 13.9 Å². The van der Waals surface area contributed by atoms with Crippen molar-refractivity contribution in [2.24, 2.45) is 0 Å². The summed E-state index contributed by atoms with van der Waals surface area (Å²) in [6.07, 6.45) is 14.0. The van der Waals surface area contributed by atoms with Gasteiger partial charge in [0.15, 0.2) is 0 Å². The lowest BCUT2D eigenvalue weighted by Gasteiger charge is -2.01. The summed E-state index contributed by atoms with van der Waals surface area (Å²) in [6, 6.07) is 0. The molecule has 0 saturated heterocycles. The fourth-order valence-corrected chi connectivity index (χ4v) is 2.14. The molecule has 0 saturated carbocycles. The molecule has 1 aromatic heterocycles. The lowest BCUT2D eigenvalue weighted by atomic mass is 10.1. The molecule has 0 aromatic carbocycles. The fourth-order valence-electron chi connectivity index (χ4n) is 2.14. The van der Waals surface area contributed by atoms with E-state index in [2.05, 4.69) is 30.6 Å². The summed E-state index contributed by atoms with van der Waals surface area (Å²) < 4.78 is 48.3. The van der Waals surface area contributed by atoms with E-state index in [0.29, 0.717) is 18.7 Å². The van der Waals surface area contributed by atoms with Gasteiger partial charge in [0, 0.05) is 5.57 Å². The average molecular weight is 380 g/mol. The van der Waals surface area contributed by atoms with Crippen molar-refractivity contribution >= 4 is 13.2 Å². The van der Waals surface area contributed by atoms with Crippen LogP contribution >= 0.6 is 0 Å². The minimum absolute atomic E-state index is 0.317. The third kappa shape index (κ3) is 15.7. The van der Waals surface area contributed by atoms with E-state index in [1.54, 1.807) is 6.92 Å². The maximum Gasteiger partial charge on any atom is 0.673 e. The first-order valence-corrected chi connectivity index (χ1v) is 8.88. The van der Waals surface area contributed by atoms with Crippen molar-refractivity contribution in [1.29, 1.82) is 0 Å². The van der Waals surface area contributed by atoms with E-state index in [-0.39, 0.29) is 5.97 Å². The number of hydrogen-bond donors (Lipinski definition) is 0. The lowest BCUT2D eigenvalue weighted by molar-refractivity contribution is -0.696. The molecule has 150 valence electrons. The highest BCUT2D eigenvalue weighted by atomic mass is 19.5. The fraction of sp³-hybridized carbons (Fsp3) is 0.647. The number of esters is 1. The Bertz CT molecular complexity index is 527. The highest BCUT2D eigenvalue weighted by Crippen LogP contribution is 2.06. The summed E-state index contributed by atoms with van der Waals surface area (Å²) in [4.78, 5) is 11.3. The second-order valence-corrected chi connectivity index (χ2v) is 6.07. The van der Waals surface area contributed by atoms with Gasteiger partial charge in [-0.3, -0.25) is 0 Å². The van der Waals surface area contributed by atoms with Crippen molar-refractivity contribution in [1.82, 2.24) is 4.57 Å². The molecule has 0 fully saturated rings. The quantitative estimate of drug-likeness (QED) is 0.141. The Balaban J connectivity index is 0.00000110. The first-order valence-electron chi connectivity index (χ1n) is 8.88. The van der Waals surface area contributed by atoms with E-state index in [1.165, 1.54) is 38.5 Å². The largest absolute Gasteiger partial charge is 0.673 e. The van der Waals surface area contributed by atoms with Crippen molar-refractivity contribution in [3.05, 3.63) is 30.9 Å². The van der Waals surface area contributed by atoms with Gasteiger partial charge in [0.2, 0.25) is 6.33 Å². The van der Waals surface area contributed by atoms with Gasteiger partial charge in [0.25, 0.3) is 0 Å². The van der Waals surface area contributed by atoms with Crippen LogP contribution in [0.25, 0.3) is 0 Å². The van der Waals surface area contributed by atoms with E-state index in [0.717, 1.165) is 6.54 Å². The zero-order valence-electron chi connectivity index (χ0n) is 15.6. The Labute approximate surface area is 152 Å². The number of carbonyl (C=O) groups excluding carboxylic acids is 1. The SMILES string of the molecule is C=C(C)C(=O)OCCn1cc[n+](CCCCCCCC)c1.F[B-](F)(F)F. The number of halogens is 4. The monoisotopic (exact) mass is 380 g/mol. The van der Waals surface area contributed by atoms with Crippen LogP contribution in [0.1, 0.15) is 52.4 Å². The topological polar surface area (TPSA) is 35.1 Å². The third-order valence-corrected chi connectivity index (χ3v) is 3.45. The predicted octanol–water partition coefficient (Wildman–Crippen LogP) is 4.56. The second kappa shape index (κ2) is 13.4. The normalized spacial score (nSPS) is 10.8. The molecule has 0 unspecified atom stereocenters. The van der Waals surface area contributed by atoms with E-state index < -0.39 is 7.25 Å². The summed E-state index contributed by atoms with van der Waals surface area (Å²) in [7, 11) is -6.00. The number of aryl methyl sites for hydroxylation is 1. The molecule has 0 bridgehead atoms. The molecule has 0 amide bonds. The minimum atomic E-state index is -6.00. The van der Waals surface area contributed by atoms with Gasteiger partial charge in [-0.15, -0.1) is 0 Å². The molecule has 0 aliphatic heterocycles. The Morgan fingerprint density at radius 3 is 2.31 bits per heavy atom. The molecule has 0 aliphatic carbocycles. The van der Waals surface area contributed by atoms with Crippen LogP contribution in [0.2, 0.25) is 0 Å². The van der Waals surface area contributed by atoms with Gasteiger partial charge in [-0.2, -0.15) is 0 Å². The van der Waals surface area contributed by atoms with Crippen molar-refractivity contribution in [2.75, 3.05) is 6.61 Å². The van der Waals surface area contributed by atoms with Crippen LogP contribution in [0.15, 0.2) is 30.9 Å². The molecule has 1 aromatic rings. The highest BCUT2D eigenvalue weighted by molar-refractivity contribution is 6.50.